The Morgan fingerprint density at radius 2 is 1.89 bits per heavy atom. The number of hydrogen-bond donors (Lipinski definition) is 0. The second-order valence-electron chi connectivity index (χ2n) is 8.68. The minimum Gasteiger partial charge on any atom is -0.491 e. The van der Waals surface area contributed by atoms with Crippen molar-refractivity contribution < 1.29 is 22.3 Å². The van der Waals surface area contributed by atoms with Crippen LogP contribution in [-0.2, 0) is 21.2 Å². The van der Waals surface area contributed by atoms with E-state index in [9.17, 15) is 17.6 Å². The summed E-state index contributed by atoms with van der Waals surface area (Å²) in [6.45, 7) is 4.03. The summed E-state index contributed by atoms with van der Waals surface area (Å²) < 4.78 is 47.5. The lowest BCUT2D eigenvalue weighted by molar-refractivity contribution is -0.135. The molecule has 0 bridgehead atoms. The molecule has 1 aromatic heterocycles. The molecular formula is C26H28ClFN2O4S2. The van der Waals surface area contributed by atoms with Crippen LogP contribution in [0.3, 0.4) is 0 Å². The van der Waals surface area contributed by atoms with Gasteiger partial charge in [-0.2, -0.15) is 4.31 Å². The molecule has 0 saturated heterocycles. The largest absolute Gasteiger partial charge is 0.491 e. The van der Waals surface area contributed by atoms with Crippen molar-refractivity contribution in [1.29, 1.82) is 0 Å². The number of benzene rings is 2. The summed E-state index contributed by atoms with van der Waals surface area (Å²) >= 11 is 7.58. The number of ether oxygens (including phenoxy) is 1. The molecule has 0 radical (unpaired) electrons. The maximum atomic E-state index is 13.7. The van der Waals surface area contributed by atoms with Crippen LogP contribution in [0, 0.1) is 5.82 Å². The van der Waals surface area contributed by atoms with E-state index in [0.29, 0.717) is 30.2 Å². The molecule has 6 nitrogen and oxygen atoms in total. The number of fused-ring (bicyclic) bond motifs is 1. The van der Waals surface area contributed by atoms with Gasteiger partial charge in [-0.15, -0.1) is 11.3 Å². The third kappa shape index (κ3) is 5.75. The van der Waals surface area contributed by atoms with Gasteiger partial charge in [0, 0.05) is 22.5 Å². The summed E-state index contributed by atoms with van der Waals surface area (Å²) in [4.78, 5) is 16.6. The van der Waals surface area contributed by atoms with Gasteiger partial charge in [0.05, 0.1) is 17.5 Å². The Morgan fingerprint density at radius 3 is 2.56 bits per heavy atom. The molecule has 4 rings (SSSR count). The zero-order chi connectivity index (χ0) is 25.9. The van der Waals surface area contributed by atoms with E-state index < -0.39 is 10.0 Å². The number of hydrogen-bond acceptors (Lipinski definition) is 5. The van der Waals surface area contributed by atoms with Gasteiger partial charge < -0.3 is 9.64 Å². The molecule has 1 amide bonds. The lowest BCUT2D eigenvalue weighted by Crippen LogP contribution is -2.49. The Morgan fingerprint density at radius 1 is 1.19 bits per heavy atom. The third-order valence-corrected chi connectivity index (χ3v) is 9.65. The van der Waals surface area contributed by atoms with Crippen LogP contribution in [0.5, 0.6) is 5.75 Å². The number of carbonyl (C=O) groups excluding carboxylic acids is 1. The summed E-state index contributed by atoms with van der Waals surface area (Å²) in [7, 11) is -3.93. The van der Waals surface area contributed by atoms with Crippen LogP contribution in [0.1, 0.15) is 36.8 Å². The number of sulfonamides is 1. The first-order chi connectivity index (χ1) is 17.2. The van der Waals surface area contributed by atoms with Gasteiger partial charge in [0.25, 0.3) is 0 Å². The smallest absolute Gasteiger partial charge is 0.243 e. The maximum Gasteiger partial charge on any atom is 0.243 e. The highest BCUT2D eigenvalue weighted by Gasteiger charge is 2.36. The van der Waals surface area contributed by atoms with Crippen molar-refractivity contribution in [2.75, 3.05) is 19.7 Å². The van der Waals surface area contributed by atoms with Gasteiger partial charge in [-0.1, -0.05) is 18.5 Å². The Balaban J connectivity index is 1.58. The molecule has 36 heavy (non-hydrogen) atoms. The number of rotatable bonds is 9. The zero-order valence-electron chi connectivity index (χ0n) is 20.1. The Kier molecular flexibility index (Phi) is 8.34. The molecular weight excluding hydrogens is 523 g/mol. The highest BCUT2D eigenvalue weighted by Crippen LogP contribution is 2.34. The van der Waals surface area contributed by atoms with Crippen LogP contribution < -0.4 is 4.74 Å². The third-order valence-electron chi connectivity index (χ3n) is 6.43. The van der Waals surface area contributed by atoms with Crippen molar-refractivity contribution >= 4 is 38.9 Å². The minimum absolute atomic E-state index is 0.0926. The van der Waals surface area contributed by atoms with Crippen molar-refractivity contribution in [3.63, 3.8) is 0 Å². The number of nitrogens with zero attached hydrogens (tertiary/aromatic N) is 2. The standard InChI is InChI=1S/C26H28ClFN2O4S2/c1-3-18(2)30(36(32,33)22-10-4-19(27)5-11-22)16-26(31)29-14-12-25-23(13-15-35-25)24(29)17-34-21-8-6-20(28)7-9-21/h4-11,13,15,18,24H,3,12,14,16-17H2,1-2H3. The lowest BCUT2D eigenvalue weighted by Gasteiger charge is -2.37. The molecule has 0 spiro atoms. The molecule has 2 heterocycles. The first kappa shape index (κ1) is 26.6. The fraction of sp³-hybridized carbons (Fsp3) is 0.346. The topological polar surface area (TPSA) is 66.9 Å². The van der Waals surface area contributed by atoms with Gasteiger partial charge in [0.1, 0.15) is 18.2 Å². The van der Waals surface area contributed by atoms with Gasteiger partial charge in [-0.3, -0.25) is 4.79 Å². The van der Waals surface area contributed by atoms with Gasteiger partial charge in [-0.25, -0.2) is 12.8 Å². The Labute approximate surface area is 220 Å². The van der Waals surface area contributed by atoms with Crippen LogP contribution in [0.25, 0.3) is 0 Å². The second-order valence-corrected chi connectivity index (χ2v) is 12.0. The quantitative estimate of drug-likeness (QED) is 0.351. The fourth-order valence-electron chi connectivity index (χ4n) is 4.23. The van der Waals surface area contributed by atoms with Gasteiger partial charge in [0.2, 0.25) is 15.9 Å². The molecule has 2 atom stereocenters. The van der Waals surface area contributed by atoms with Crippen molar-refractivity contribution in [2.45, 2.75) is 43.7 Å². The first-order valence-corrected chi connectivity index (χ1v) is 14.4. The molecule has 192 valence electrons. The number of carbonyl (C=O) groups is 1. The van der Waals surface area contributed by atoms with Crippen molar-refractivity contribution in [2.24, 2.45) is 0 Å². The molecule has 0 aliphatic carbocycles. The molecule has 3 aromatic rings. The maximum absolute atomic E-state index is 13.7. The average molecular weight is 551 g/mol. The van der Waals surface area contributed by atoms with Crippen molar-refractivity contribution in [3.05, 3.63) is 81.3 Å². The number of thiophene rings is 1. The lowest BCUT2D eigenvalue weighted by atomic mass is 10.0. The molecule has 0 saturated carbocycles. The van der Waals surface area contributed by atoms with Crippen LogP contribution >= 0.6 is 22.9 Å². The van der Waals surface area contributed by atoms with Crippen molar-refractivity contribution in [1.82, 2.24) is 9.21 Å². The fourth-order valence-corrected chi connectivity index (χ4v) is 6.94. The van der Waals surface area contributed by atoms with E-state index in [-0.39, 0.29) is 41.9 Å². The summed E-state index contributed by atoms with van der Waals surface area (Å²) in [5, 5.41) is 2.42. The van der Waals surface area contributed by atoms with Gasteiger partial charge in [-0.05, 0) is 85.3 Å². The van der Waals surface area contributed by atoms with E-state index in [1.807, 2.05) is 18.4 Å². The van der Waals surface area contributed by atoms with E-state index >= 15 is 0 Å². The summed E-state index contributed by atoms with van der Waals surface area (Å²) in [6.07, 6.45) is 1.24. The molecule has 0 N–H and O–H groups in total. The molecule has 1 aliphatic heterocycles. The highest BCUT2D eigenvalue weighted by molar-refractivity contribution is 7.89. The number of amides is 1. The van der Waals surface area contributed by atoms with Crippen LogP contribution in [0.4, 0.5) is 4.39 Å². The predicted molar refractivity (Wildman–Crippen MR) is 139 cm³/mol. The predicted octanol–water partition coefficient (Wildman–Crippen LogP) is 5.53. The molecule has 10 heteroatoms. The summed E-state index contributed by atoms with van der Waals surface area (Å²) in [5.74, 6) is -0.154. The zero-order valence-corrected chi connectivity index (χ0v) is 22.5. The van der Waals surface area contributed by atoms with Crippen LogP contribution in [0.2, 0.25) is 5.02 Å². The molecule has 2 aromatic carbocycles. The summed E-state index contributed by atoms with van der Waals surface area (Å²) in [6, 6.07) is 12.9. The Bertz CT molecular complexity index is 1300. The van der Waals surface area contributed by atoms with Crippen LogP contribution in [0.15, 0.2) is 64.9 Å². The SMILES string of the molecule is CCC(C)N(CC(=O)N1CCc2sccc2C1COc1ccc(F)cc1)S(=O)(=O)c1ccc(Cl)cc1. The molecule has 2 unspecified atom stereocenters. The molecule has 1 aliphatic rings. The highest BCUT2D eigenvalue weighted by atomic mass is 35.5. The normalized spacial score (nSPS) is 16.6. The van der Waals surface area contributed by atoms with Crippen molar-refractivity contribution in [3.8, 4) is 5.75 Å². The van der Waals surface area contributed by atoms with E-state index in [4.69, 9.17) is 16.3 Å². The van der Waals surface area contributed by atoms with Crippen LogP contribution in [-0.4, -0.2) is 49.3 Å². The number of halogens is 2. The van der Waals surface area contributed by atoms with E-state index in [1.165, 1.54) is 45.6 Å². The monoisotopic (exact) mass is 550 g/mol. The molecule has 0 fully saturated rings. The van der Waals surface area contributed by atoms with Gasteiger partial charge in [0.15, 0.2) is 0 Å². The Hall–Kier alpha value is -2.46. The van der Waals surface area contributed by atoms with E-state index in [2.05, 4.69) is 0 Å². The van der Waals surface area contributed by atoms with Gasteiger partial charge >= 0.3 is 0 Å². The first-order valence-electron chi connectivity index (χ1n) is 11.7. The second kappa shape index (κ2) is 11.3. The average Bonchev–Trinajstić information content (AvgIpc) is 3.35. The van der Waals surface area contributed by atoms with E-state index in [1.54, 1.807) is 35.3 Å². The minimum atomic E-state index is -3.93. The van der Waals surface area contributed by atoms with E-state index in [0.717, 1.165) is 5.56 Å². The summed E-state index contributed by atoms with van der Waals surface area (Å²) in [5.41, 5.74) is 0.998.